The fourth-order valence-corrected chi connectivity index (χ4v) is 3.27. The van der Waals surface area contributed by atoms with E-state index in [0.717, 1.165) is 18.5 Å². The van der Waals surface area contributed by atoms with Gasteiger partial charge in [0.15, 0.2) is 11.8 Å². The maximum absolute atomic E-state index is 11.3. The molecule has 0 bridgehead atoms. The van der Waals surface area contributed by atoms with Crippen molar-refractivity contribution in [2.75, 3.05) is 0 Å². The summed E-state index contributed by atoms with van der Waals surface area (Å²) in [5.41, 5.74) is 0.342. The largest absolute Gasteiger partial charge is 0.494 e. The predicted molar refractivity (Wildman–Crippen MR) is 68.7 cm³/mol. The van der Waals surface area contributed by atoms with Gasteiger partial charge in [-0.05, 0) is 38.0 Å². The van der Waals surface area contributed by atoms with Crippen molar-refractivity contribution in [2.45, 2.75) is 32.1 Å². The molecule has 102 valence electrons. The molecule has 3 rings (SSSR count). The summed E-state index contributed by atoms with van der Waals surface area (Å²) in [4.78, 5) is 11.3. The molecule has 0 radical (unpaired) electrons. The molecule has 5 nitrogen and oxygen atoms in total. The zero-order chi connectivity index (χ0) is 13.6. The molecule has 1 fully saturated rings. The maximum Gasteiger partial charge on any atom is 0.309 e. The molecular formula is C14H17NO4. The van der Waals surface area contributed by atoms with Gasteiger partial charge in [-0.3, -0.25) is 9.36 Å². The van der Waals surface area contributed by atoms with Crippen LogP contribution in [-0.4, -0.2) is 25.9 Å². The molecule has 2 unspecified atom stereocenters. The molecule has 1 heterocycles. The van der Waals surface area contributed by atoms with Crippen molar-refractivity contribution in [3.63, 3.8) is 0 Å². The average Bonchev–Trinajstić information content (AvgIpc) is 2.93. The zero-order valence-corrected chi connectivity index (χ0v) is 10.5. The van der Waals surface area contributed by atoms with Crippen LogP contribution in [0.4, 0.5) is 0 Å². The number of carboxylic acid groups (broad SMARTS) is 1. The van der Waals surface area contributed by atoms with Crippen LogP contribution in [0.5, 0.6) is 11.8 Å². The van der Waals surface area contributed by atoms with Gasteiger partial charge in [0, 0.05) is 17.8 Å². The lowest BCUT2D eigenvalue weighted by Gasteiger charge is -2.17. The Morgan fingerprint density at radius 3 is 2.63 bits per heavy atom. The fourth-order valence-electron chi connectivity index (χ4n) is 3.27. The number of hydrogen-bond acceptors (Lipinski definition) is 3. The molecule has 0 amide bonds. The Kier molecular flexibility index (Phi) is 2.59. The van der Waals surface area contributed by atoms with Crippen LogP contribution >= 0.6 is 0 Å². The lowest BCUT2D eigenvalue weighted by Crippen LogP contribution is -2.18. The van der Waals surface area contributed by atoms with Gasteiger partial charge in [0.05, 0.1) is 5.41 Å². The molecule has 3 N–H and O–H groups in total. The van der Waals surface area contributed by atoms with Gasteiger partial charge in [0.25, 0.3) is 0 Å². The minimum absolute atomic E-state index is 0.0182. The van der Waals surface area contributed by atoms with Crippen molar-refractivity contribution < 1.29 is 20.1 Å². The van der Waals surface area contributed by atoms with Crippen molar-refractivity contribution in [1.29, 1.82) is 0 Å². The van der Waals surface area contributed by atoms with Crippen molar-refractivity contribution in [3.05, 3.63) is 18.2 Å². The van der Waals surface area contributed by atoms with Crippen LogP contribution in [0.15, 0.2) is 18.2 Å². The zero-order valence-electron chi connectivity index (χ0n) is 10.5. The molecule has 0 aromatic carbocycles. The minimum Gasteiger partial charge on any atom is -0.494 e. The van der Waals surface area contributed by atoms with Crippen LogP contribution in [0.1, 0.15) is 32.1 Å². The molecule has 1 saturated carbocycles. The first-order chi connectivity index (χ1) is 9.04. The van der Waals surface area contributed by atoms with E-state index in [0.29, 0.717) is 19.3 Å². The molecule has 1 aromatic heterocycles. The van der Waals surface area contributed by atoms with Crippen molar-refractivity contribution in [3.8, 4) is 11.8 Å². The van der Waals surface area contributed by atoms with Crippen LogP contribution in [-0.2, 0) is 4.79 Å². The second-order valence-corrected chi connectivity index (χ2v) is 5.52. The van der Waals surface area contributed by atoms with Crippen LogP contribution in [0, 0.1) is 11.3 Å². The number of aromatic hydroxyl groups is 2. The Bertz CT molecular complexity index is 540. The Balaban J connectivity index is 1.84. The molecular weight excluding hydrogens is 246 g/mol. The molecule has 2 aliphatic rings. The van der Waals surface area contributed by atoms with E-state index < -0.39 is 11.4 Å². The highest BCUT2D eigenvalue weighted by Gasteiger charge is 2.59. The van der Waals surface area contributed by atoms with Gasteiger partial charge in [-0.1, -0.05) is 6.08 Å². The number of fused-ring (bicyclic) bond motifs is 1. The fraction of sp³-hybridized carbons (Fsp3) is 0.500. The summed E-state index contributed by atoms with van der Waals surface area (Å²) in [6.45, 7) is 0. The first-order valence-corrected chi connectivity index (χ1v) is 6.57. The van der Waals surface area contributed by atoms with E-state index in [2.05, 4.69) is 0 Å². The van der Waals surface area contributed by atoms with Crippen LogP contribution in [0.2, 0.25) is 0 Å². The van der Waals surface area contributed by atoms with Crippen molar-refractivity contribution in [1.82, 2.24) is 4.57 Å². The smallest absolute Gasteiger partial charge is 0.309 e. The van der Waals surface area contributed by atoms with Gasteiger partial charge in [0.1, 0.15) is 0 Å². The molecule has 2 aliphatic carbocycles. The number of allylic oxidation sites excluding steroid dienone is 2. The molecule has 0 aliphatic heterocycles. The lowest BCUT2D eigenvalue weighted by molar-refractivity contribution is -0.144. The van der Waals surface area contributed by atoms with E-state index in [1.807, 2.05) is 6.08 Å². The number of rotatable bonds is 2. The van der Waals surface area contributed by atoms with Gasteiger partial charge in [-0.15, -0.1) is 0 Å². The van der Waals surface area contributed by atoms with Crippen molar-refractivity contribution >= 4 is 11.7 Å². The van der Waals surface area contributed by atoms with E-state index in [1.165, 1.54) is 16.7 Å². The van der Waals surface area contributed by atoms with Gasteiger partial charge in [0.2, 0.25) is 0 Å². The molecule has 1 aromatic rings. The second-order valence-electron chi connectivity index (χ2n) is 5.52. The third kappa shape index (κ3) is 1.80. The van der Waals surface area contributed by atoms with Gasteiger partial charge < -0.3 is 15.3 Å². The Hall–Kier alpha value is -1.91. The normalized spacial score (nSPS) is 29.9. The number of aromatic nitrogens is 1. The predicted octanol–water partition coefficient (Wildman–Crippen LogP) is 2.41. The lowest BCUT2D eigenvalue weighted by atomic mass is 9.92. The quantitative estimate of drug-likeness (QED) is 0.765. The first-order valence-electron chi connectivity index (χ1n) is 6.57. The van der Waals surface area contributed by atoms with Gasteiger partial charge >= 0.3 is 5.97 Å². The SMILES string of the molecule is O=C(O)C12CCC=C(n3c(O)ccc3O)CCC1C2. The maximum atomic E-state index is 11.3. The Morgan fingerprint density at radius 2 is 2.00 bits per heavy atom. The summed E-state index contributed by atoms with van der Waals surface area (Å²) in [6.07, 6.45) is 5.45. The summed E-state index contributed by atoms with van der Waals surface area (Å²) in [5, 5.41) is 28.7. The molecule has 2 atom stereocenters. The monoisotopic (exact) mass is 263 g/mol. The molecule has 0 spiro atoms. The number of carbonyl (C=O) groups is 1. The van der Waals surface area contributed by atoms with Crippen molar-refractivity contribution in [2.24, 2.45) is 11.3 Å². The summed E-state index contributed by atoms with van der Waals surface area (Å²) >= 11 is 0. The number of hydrogen-bond donors (Lipinski definition) is 3. The van der Waals surface area contributed by atoms with Crippen LogP contribution in [0.25, 0.3) is 5.70 Å². The highest BCUT2D eigenvalue weighted by atomic mass is 16.4. The number of nitrogens with zero attached hydrogens (tertiary/aromatic N) is 1. The number of aliphatic carboxylic acids is 1. The summed E-state index contributed by atoms with van der Waals surface area (Å²) in [6, 6.07) is 2.90. The van der Waals surface area contributed by atoms with E-state index in [-0.39, 0.29) is 17.7 Å². The van der Waals surface area contributed by atoms with Crippen LogP contribution < -0.4 is 0 Å². The Morgan fingerprint density at radius 1 is 1.32 bits per heavy atom. The summed E-state index contributed by atoms with van der Waals surface area (Å²) in [7, 11) is 0. The third-order valence-corrected chi connectivity index (χ3v) is 4.50. The van der Waals surface area contributed by atoms with E-state index in [9.17, 15) is 20.1 Å². The molecule has 19 heavy (non-hydrogen) atoms. The second kappa shape index (κ2) is 4.05. The van der Waals surface area contributed by atoms with E-state index in [4.69, 9.17) is 0 Å². The van der Waals surface area contributed by atoms with Crippen LogP contribution in [0.3, 0.4) is 0 Å². The van der Waals surface area contributed by atoms with E-state index in [1.54, 1.807) is 0 Å². The highest BCUT2D eigenvalue weighted by Crippen LogP contribution is 2.59. The molecule has 5 heteroatoms. The summed E-state index contributed by atoms with van der Waals surface area (Å²) in [5.74, 6) is -0.413. The highest BCUT2D eigenvalue weighted by molar-refractivity contribution is 5.78. The number of carboxylic acids is 1. The minimum atomic E-state index is -0.680. The van der Waals surface area contributed by atoms with Gasteiger partial charge in [-0.2, -0.15) is 0 Å². The van der Waals surface area contributed by atoms with Gasteiger partial charge in [-0.25, -0.2) is 0 Å². The Labute approximate surface area is 110 Å². The standard InChI is InChI=1S/C14H17NO4/c16-11-5-6-12(17)15(11)10-2-1-7-14(13(18)19)8-9(14)3-4-10/h2,5-6,9,16-17H,1,3-4,7-8H2,(H,18,19). The third-order valence-electron chi connectivity index (χ3n) is 4.50. The first kappa shape index (κ1) is 12.1. The topological polar surface area (TPSA) is 82.7 Å². The summed E-state index contributed by atoms with van der Waals surface area (Å²) < 4.78 is 1.43. The molecule has 0 saturated heterocycles. The van der Waals surface area contributed by atoms with E-state index >= 15 is 0 Å². The average molecular weight is 263 g/mol.